The number of nitrogens with one attached hydrogen (secondary N) is 1. The SMILES string of the molecule is CC(C)CN(CC(=O)O)C(=O)CNC(=O)c1ccco1. The van der Waals surface area contributed by atoms with Crippen molar-refractivity contribution < 1.29 is 23.9 Å². The highest BCUT2D eigenvalue weighted by atomic mass is 16.4. The van der Waals surface area contributed by atoms with E-state index in [0.29, 0.717) is 6.54 Å². The zero-order valence-electron chi connectivity index (χ0n) is 11.5. The Morgan fingerprint density at radius 2 is 2.10 bits per heavy atom. The number of hydrogen-bond donors (Lipinski definition) is 2. The number of carboxylic acid groups (broad SMARTS) is 1. The summed E-state index contributed by atoms with van der Waals surface area (Å²) in [4.78, 5) is 35.4. The molecular formula is C13H18N2O5. The van der Waals surface area contributed by atoms with Gasteiger partial charge >= 0.3 is 5.97 Å². The molecule has 0 saturated heterocycles. The van der Waals surface area contributed by atoms with Crippen LogP contribution >= 0.6 is 0 Å². The number of nitrogens with zero attached hydrogens (tertiary/aromatic N) is 1. The van der Waals surface area contributed by atoms with Crippen LogP contribution in [0.4, 0.5) is 0 Å². The fraction of sp³-hybridized carbons (Fsp3) is 0.462. The minimum Gasteiger partial charge on any atom is -0.480 e. The van der Waals surface area contributed by atoms with E-state index in [1.165, 1.54) is 17.2 Å². The van der Waals surface area contributed by atoms with Gasteiger partial charge in [0.1, 0.15) is 6.54 Å². The summed E-state index contributed by atoms with van der Waals surface area (Å²) in [6.45, 7) is 3.43. The predicted octanol–water partition coefficient (Wildman–Crippen LogP) is 0.579. The Morgan fingerprint density at radius 3 is 2.60 bits per heavy atom. The number of carboxylic acids is 1. The van der Waals surface area contributed by atoms with Crippen LogP contribution in [0.2, 0.25) is 0 Å². The van der Waals surface area contributed by atoms with Gasteiger partial charge in [0, 0.05) is 6.54 Å². The molecule has 0 aliphatic rings. The molecule has 20 heavy (non-hydrogen) atoms. The number of amides is 2. The van der Waals surface area contributed by atoms with Gasteiger partial charge in [-0.25, -0.2) is 0 Å². The molecule has 0 spiro atoms. The normalized spacial score (nSPS) is 10.3. The minimum absolute atomic E-state index is 0.103. The molecule has 2 amide bonds. The van der Waals surface area contributed by atoms with Crippen LogP contribution in [-0.2, 0) is 9.59 Å². The van der Waals surface area contributed by atoms with Gasteiger partial charge in [0.2, 0.25) is 5.91 Å². The van der Waals surface area contributed by atoms with Crippen LogP contribution in [0.25, 0.3) is 0 Å². The molecule has 7 nitrogen and oxygen atoms in total. The highest BCUT2D eigenvalue weighted by molar-refractivity contribution is 5.94. The first-order valence-electron chi connectivity index (χ1n) is 6.21. The molecule has 0 bridgehead atoms. The average molecular weight is 282 g/mol. The zero-order chi connectivity index (χ0) is 15.1. The van der Waals surface area contributed by atoms with E-state index < -0.39 is 17.8 Å². The molecule has 1 aromatic heterocycles. The summed E-state index contributed by atoms with van der Waals surface area (Å²) in [6, 6.07) is 3.04. The molecular weight excluding hydrogens is 264 g/mol. The molecule has 0 aliphatic carbocycles. The third-order valence-corrected chi connectivity index (χ3v) is 2.41. The third-order valence-electron chi connectivity index (χ3n) is 2.41. The van der Waals surface area contributed by atoms with E-state index in [0.717, 1.165) is 0 Å². The second kappa shape index (κ2) is 7.32. The largest absolute Gasteiger partial charge is 0.480 e. The Bertz CT molecular complexity index is 467. The van der Waals surface area contributed by atoms with Gasteiger partial charge in [0.05, 0.1) is 12.8 Å². The van der Waals surface area contributed by atoms with Gasteiger partial charge in [-0.05, 0) is 18.1 Å². The lowest BCUT2D eigenvalue weighted by atomic mass is 10.2. The number of carbonyl (C=O) groups is 3. The lowest BCUT2D eigenvalue weighted by Gasteiger charge is -2.22. The van der Waals surface area contributed by atoms with E-state index in [9.17, 15) is 14.4 Å². The minimum atomic E-state index is -1.09. The summed E-state index contributed by atoms with van der Waals surface area (Å²) in [5.41, 5.74) is 0. The molecule has 0 aromatic carbocycles. The second-order valence-electron chi connectivity index (χ2n) is 4.72. The quantitative estimate of drug-likeness (QED) is 0.762. The summed E-state index contributed by atoms with van der Waals surface area (Å²) in [6.07, 6.45) is 1.35. The Morgan fingerprint density at radius 1 is 1.40 bits per heavy atom. The van der Waals surface area contributed by atoms with Crippen molar-refractivity contribution in [1.82, 2.24) is 10.2 Å². The van der Waals surface area contributed by atoms with Crippen molar-refractivity contribution in [2.24, 2.45) is 5.92 Å². The maximum atomic E-state index is 11.9. The molecule has 0 fully saturated rings. The van der Waals surface area contributed by atoms with Gasteiger partial charge in [0.15, 0.2) is 5.76 Å². The number of carbonyl (C=O) groups excluding carboxylic acids is 2. The van der Waals surface area contributed by atoms with Crippen LogP contribution in [0.3, 0.4) is 0 Å². The van der Waals surface area contributed by atoms with E-state index in [1.807, 2.05) is 13.8 Å². The van der Waals surface area contributed by atoms with Gasteiger partial charge in [0.25, 0.3) is 5.91 Å². The molecule has 110 valence electrons. The lowest BCUT2D eigenvalue weighted by molar-refractivity contribution is -0.144. The van der Waals surface area contributed by atoms with Gasteiger partial charge in [-0.3, -0.25) is 14.4 Å². The Labute approximate surface area is 116 Å². The zero-order valence-corrected chi connectivity index (χ0v) is 11.5. The molecule has 1 heterocycles. The van der Waals surface area contributed by atoms with Crippen molar-refractivity contribution >= 4 is 17.8 Å². The van der Waals surface area contributed by atoms with Gasteiger partial charge in [-0.2, -0.15) is 0 Å². The molecule has 1 rings (SSSR count). The second-order valence-corrected chi connectivity index (χ2v) is 4.72. The smallest absolute Gasteiger partial charge is 0.323 e. The summed E-state index contributed by atoms with van der Waals surface area (Å²) in [7, 11) is 0. The van der Waals surface area contributed by atoms with Crippen molar-refractivity contribution in [1.29, 1.82) is 0 Å². The maximum absolute atomic E-state index is 11.9. The van der Waals surface area contributed by atoms with Crippen molar-refractivity contribution in [2.75, 3.05) is 19.6 Å². The maximum Gasteiger partial charge on any atom is 0.323 e. The van der Waals surface area contributed by atoms with Crippen LogP contribution in [0, 0.1) is 5.92 Å². The Balaban J connectivity index is 2.53. The number of rotatable bonds is 7. The number of hydrogen-bond acceptors (Lipinski definition) is 4. The van der Waals surface area contributed by atoms with Crippen LogP contribution in [0.1, 0.15) is 24.4 Å². The van der Waals surface area contributed by atoms with E-state index in [1.54, 1.807) is 6.07 Å². The topological polar surface area (TPSA) is 99.9 Å². The molecule has 0 aliphatic heterocycles. The third kappa shape index (κ3) is 5.13. The first-order chi connectivity index (χ1) is 9.40. The van der Waals surface area contributed by atoms with Crippen molar-refractivity contribution in [3.63, 3.8) is 0 Å². The van der Waals surface area contributed by atoms with Crippen molar-refractivity contribution in [2.45, 2.75) is 13.8 Å². The fourth-order valence-corrected chi connectivity index (χ4v) is 1.62. The molecule has 7 heteroatoms. The van der Waals surface area contributed by atoms with Crippen molar-refractivity contribution in [3.8, 4) is 0 Å². The van der Waals surface area contributed by atoms with E-state index in [2.05, 4.69) is 5.32 Å². The van der Waals surface area contributed by atoms with E-state index in [4.69, 9.17) is 9.52 Å². The summed E-state index contributed by atoms with van der Waals surface area (Å²) in [5.74, 6) is -1.80. The van der Waals surface area contributed by atoms with Gasteiger partial charge in [-0.15, -0.1) is 0 Å². The molecule has 2 N–H and O–H groups in total. The highest BCUT2D eigenvalue weighted by Gasteiger charge is 2.19. The molecule has 1 aromatic rings. The Kier molecular flexibility index (Phi) is 5.76. The summed E-state index contributed by atoms with van der Waals surface area (Å²) < 4.78 is 4.89. The predicted molar refractivity (Wildman–Crippen MR) is 70.1 cm³/mol. The fourth-order valence-electron chi connectivity index (χ4n) is 1.62. The number of aliphatic carboxylic acids is 1. The number of furan rings is 1. The van der Waals surface area contributed by atoms with E-state index >= 15 is 0 Å². The lowest BCUT2D eigenvalue weighted by Crippen LogP contribution is -2.44. The molecule has 0 atom stereocenters. The van der Waals surface area contributed by atoms with Gasteiger partial charge in [-0.1, -0.05) is 13.8 Å². The molecule has 0 saturated carbocycles. The van der Waals surface area contributed by atoms with Crippen LogP contribution in [0.15, 0.2) is 22.8 Å². The van der Waals surface area contributed by atoms with E-state index in [-0.39, 0.29) is 24.8 Å². The Hall–Kier alpha value is -2.31. The average Bonchev–Trinajstić information content (AvgIpc) is 2.87. The summed E-state index contributed by atoms with van der Waals surface area (Å²) >= 11 is 0. The standard InChI is InChI=1S/C13H18N2O5/c1-9(2)7-15(8-12(17)18)11(16)6-14-13(19)10-4-3-5-20-10/h3-5,9H,6-8H2,1-2H3,(H,14,19)(H,17,18). The first kappa shape index (κ1) is 15.7. The summed E-state index contributed by atoms with van der Waals surface area (Å²) in [5, 5.41) is 11.2. The van der Waals surface area contributed by atoms with Crippen LogP contribution in [0.5, 0.6) is 0 Å². The monoisotopic (exact) mass is 282 g/mol. The van der Waals surface area contributed by atoms with Gasteiger partial charge < -0.3 is 19.7 Å². The van der Waals surface area contributed by atoms with Crippen LogP contribution in [-0.4, -0.2) is 47.4 Å². The van der Waals surface area contributed by atoms with Crippen molar-refractivity contribution in [3.05, 3.63) is 24.2 Å². The van der Waals surface area contributed by atoms with Crippen LogP contribution < -0.4 is 5.32 Å². The molecule has 0 unspecified atom stereocenters. The molecule has 0 radical (unpaired) electrons. The first-order valence-corrected chi connectivity index (χ1v) is 6.21. The highest BCUT2D eigenvalue weighted by Crippen LogP contribution is 2.01.